The number of aliphatic hydroxyl groups is 1. The van der Waals surface area contributed by atoms with Crippen molar-refractivity contribution < 1.29 is 42.4 Å². The topological polar surface area (TPSA) is 184 Å². The third-order valence-electron chi connectivity index (χ3n) is 8.82. The third-order valence-corrected chi connectivity index (χ3v) is 10.6. The Bertz CT molecular complexity index is 1460. The van der Waals surface area contributed by atoms with Gasteiger partial charge in [-0.3, -0.25) is 0 Å². The van der Waals surface area contributed by atoms with Gasteiger partial charge in [-0.15, -0.1) is 0 Å². The fourth-order valence-electron chi connectivity index (χ4n) is 6.46. The van der Waals surface area contributed by atoms with E-state index in [1.165, 1.54) is 28.6 Å². The van der Waals surface area contributed by atoms with Crippen LogP contribution in [0.25, 0.3) is 0 Å². The number of nitrogens with one attached hydrogen (secondary N) is 1. The van der Waals surface area contributed by atoms with E-state index in [-0.39, 0.29) is 36.5 Å². The van der Waals surface area contributed by atoms with Gasteiger partial charge in [0.1, 0.15) is 6.09 Å². The molecule has 13 nitrogen and oxygen atoms in total. The van der Waals surface area contributed by atoms with Crippen molar-refractivity contribution >= 4 is 27.9 Å². The van der Waals surface area contributed by atoms with Crippen molar-refractivity contribution in [2.24, 2.45) is 11.3 Å². The first kappa shape index (κ1) is 37.4. The third kappa shape index (κ3) is 9.82. The van der Waals surface area contributed by atoms with Crippen molar-refractivity contribution in [3.05, 3.63) is 60.2 Å². The van der Waals surface area contributed by atoms with Crippen LogP contribution in [0, 0.1) is 11.3 Å². The van der Waals surface area contributed by atoms with Crippen molar-refractivity contribution in [1.82, 2.24) is 14.5 Å². The molecule has 2 fully saturated rings. The van der Waals surface area contributed by atoms with E-state index >= 15 is 0 Å². The first-order chi connectivity index (χ1) is 22.7. The minimum atomic E-state index is -4.19. The molecule has 2 aromatic rings. The zero-order chi connectivity index (χ0) is 35.1. The van der Waals surface area contributed by atoms with Gasteiger partial charge < -0.3 is 45.2 Å². The summed E-state index contributed by atoms with van der Waals surface area (Å²) in [5.41, 5.74) is 6.39. The number of aliphatic hydroxyl groups excluding tert-OH is 1. The number of ether oxygens (including phenoxy) is 3. The van der Waals surface area contributed by atoms with Crippen LogP contribution in [0.5, 0.6) is 0 Å². The molecule has 4 N–H and O–H groups in total. The molecule has 0 aromatic heterocycles. The molecule has 0 radical (unpaired) electrons. The predicted octanol–water partition coefficient (Wildman–Crippen LogP) is 2.58. The van der Waals surface area contributed by atoms with E-state index in [0.29, 0.717) is 38.1 Å². The largest absolute Gasteiger partial charge is 0.530 e. The van der Waals surface area contributed by atoms with Gasteiger partial charge in [0.25, 0.3) is 0 Å². The van der Waals surface area contributed by atoms with Crippen molar-refractivity contribution in [2.75, 3.05) is 38.6 Å². The summed E-state index contributed by atoms with van der Waals surface area (Å²) in [5.74, 6) is -0.242. The Morgan fingerprint density at radius 2 is 1.81 bits per heavy atom. The molecular weight excluding hydrogens is 640 g/mol. The van der Waals surface area contributed by atoms with Gasteiger partial charge in [-0.05, 0) is 74.8 Å². The molecule has 48 heavy (non-hydrogen) atoms. The van der Waals surface area contributed by atoms with Crippen molar-refractivity contribution in [3.63, 3.8) is 0 Å². The minimum absolute atomic E-state index is 0.00165. The molecule has 2 aliphatic rings. The van der Waals surface area contributed by atoms with Crippen molar-refractivity contribution in [1.29, 1.82) is 0 Å². The van der Waals surface area contributed by atoms with Crippen LogP contribution >= 0.6 is 0 Å². The van der Waals surface area contributed by atoms with Crippen LogP contribution in [0.1, 0.15) is 52.5 Å². The summed E-state index contributed by atoms with van der Waals surface area (Å²) in [5, 5.41) is 27.5. The van der Waals surface area contributed by atoms with E-state index in [9.17, 15) is 28.2 Å². The zero-order valence-corrected chi connectivity index (χ0v) is 28.9. The number of nitrogens with zero attached hydrogens (tertiary/aromatic N) is 2. The van der Waals surface area contributed by atoms with Crippen LogP contribution in [0.3, 0.4) is 0 Å². The van der Waals surface area contributed by atoms with Crippen LogP contribution in [0.15, 0.2) is 59.5 Å². The van der Waals surface area contributed by atoms with Crippen molar-refractivity contribution in [3.8, 4) is 0 Å². The first-order valence-electron chi connectivity index (χ1n) is 16.4. The number of nitrogen functional groups attached to an aromatic ring is 1. The Kier molecular flexibility index (Phi) is 12.7. The smallest absolute Gasteiger partial charge is 0.407 e. The van der Waals surface area contributed by atoms with Gasteiger partial charge in [0.05, 0.1) is 42.4 Å². The van der Waals surface area contributed by atoms with Gasteiger partial charge in [-0.1, -0.05) is 44.2 Å². The molecule has 5 atom stereocenters. The number of sulfonamides is 1. The highest BCUT2D eigenvalue weighted by Crippen LogP contribution is 2.36. The van der Waals surface area contributed by atoms with E-state index in [0.717, 1.165) is 10.5 Å². The van der Waals surface area contributed by atoms with Gasteiger partial charge in [-0.2, -0.15) is 4.31 Å². The average Bonchev–Trinajstić information content (AvgIpc) is 3.64. The average molecular weight is 690 g/mol. The summed E-state index contributed by atoms with van der Waals surface area (Å²) in [6.07, 6.45) is -2.48. The highest BCUT2D eigenvalue weighted by atomic mass is 32.2. The lowest BCUT2D eigenvalue weighted by Gasteiger charge is -2.43. The summed E-state index contributed by atoms with van der Waals surface area (Å²) in [6, 6.07) is 13.2. The number of carbonyl (C=O) groups is 2. The Morgan fingerprint density at radius 1 is 1.12 bits per heavy atom. The lowest BCUT2D eigenvalue weighted by atomic mass is 9.87. The van der Waals surface area contributed by atoms with E-state index in [4.69, 9.17) is 19.9 Å². The maximum atomic E-state index is 14.2. The Labute approximate surface area is 283 Å². The van der Waals surface area contributed by atoms with E-state index in [2.05, 4.69) is 5.32 Å². The second kappa shape index (κ2) is 16.3. The summed E-state index contributed by atoms with van der Waals surface area (Å²) in [7, 11) is -4.19. The number of benzene rings is 2. The quantitative estimate of drug-likeness (QED) is 0.175. The van der Waals surface area contributed by atoms with E-state index in [1.54, 1.807) is 13.8 Å². The number of carbonyl (C=O) groups excluding carboxylic acids is 2. The minimum Gasteiger partial charge on any atom is -0.530 e. The normalized spacial score (nSPS) is 20.8. The lowest BCUT2D eigenvalue weighted by Crippen LogP contribution is -2.61. The molecule has 0 spiro atoms. The number of anilines is 1. The number of alkyl carbamates (subject to hydrolysis) is 1. The number of fused-ring (bicyclic) bond motifs is 1. The van der Waals surface area contributed by atoms with E-state index in [1.807, 2.05) is 44.2 Å². The maximum absolute atomic E-state index is 14.2. The molecule has 0 saturated carbocycles. The van der Waals surface area contributed by atoms with Gasteiger partial charge >= 0.3 is 6.09 Å². The molecule has 0 bridgehead atoms. The molecule has 2 aromatic carbocycles. The van der Waals surface area contributed by atoms with Gasteiger partial charge in [0.15, 0.2) is 6.29 Å². The maximum Gasteiger partial charge on any atom is 0.407 e. The summed E-state index contributed by atoms with van der Waals surface area (Å²) in [4.78, 5) is 25.9. The molecule has 0 unspecified atom stereocenters. The number of nitrogens with two attached hydrogens (primary N) is 1. The van der Waals surface area contributed by atoms with Crippen LogP contribution < -0.4 is 16.2 Å². The molecular formula is C34H49N4O9S-. The molecule has 2 aliphatic heterocycles. The molecule has 2 saturated heterocycles. The number of hydrogen-bond donors (Lipinski definition) is 3. The van der Waals surface area contributed by atoms with E-state index < -0.39 is 58.6 Å². The van der Waals surface area contributed by atoms with Gasteiger partial charge in [0, 0.05) is 31.2 Å². The van der Waals surface area contributed by atoms with Gasteiger partial charge in [0.2, 0.25) is 10.0 Å². The SMILES string of the molecule is CC(C)OC(=O)NCCCC(C)(C)CN(C[C@@H](O)[C@H](Cc1ccccc1)N(C(=O)[O-])[C@H]1CO[C@H]2OCC[C@H]21)S(=O)(=O)c1ccc(N)cc1. The summed E-state index contributed by atoms with van der Waals surface area (Å²) < 4.78 is 46.1. The first-order valence-corrected chi connectivity index (χ1v) is 17.9. The van der Waals surface area contributed by atoms with Crippen LogP contribution in [-0.4, -0.2) is 98.3 Å². The zero-order valence-electron chi connectivity index (χ0n) is 28.1. The monoisotopic (exact) mass is 689 g/mol. The Balaban J connectivity index is 1.62. The molecule has 2 heterocycles. The number of amides is 2. The highest BCUT2D eigenvalue weighted by molar-refractivity contribution is 7.89. The second-order valence-electron chi connectivity index (χ2n) is 13.6. The van der Waals surface area contributed by atoms with Crippen molar-refractivity contribution in [2.45, 2.75) is 88.9 Å². The predicted molar refractivity (Wildman–Crippen MR) is 177 cm³/mol. The fraction of sp³-hybridized carbons (Fsp3) is 0.588. The Morgan fingerprint density at radius 3 is 2.46 bits per heavy atom. The van der Waals surface area contributed by atoms with Crippen LogP contribution in [0.2, 0.25) is 0 Å². The number of rotatable bonds is 16. The highest BCUT2D eigenvalue weighted by Gasteiger charge is 2.47. The summed E-state index contributed by atoms with van der Waals surface area (Å²) >= 11 is 0. The lowest BCUT2D eigenvalue weighted by molar-refractivity contribution is -0.273. The Hall–Kier alpha value is -3.43. The number of hydrogen-bond acceptors (Lipinski definition) is 10. The summed E-state index contributed by atoms with van der Waals surface area (Å²) in [6.45, 7) is 7.75. The fourth-order valence-corrected chi connectivity index (χ4v) is 8.10. The molecule has 0 aliphatic carbocycles. The standard InChI is InChI=1S/C34H50N4O9S/c1-23(2)47-32(40)36-17-8-16-34(3,4)22-37(48(43,44)26-13-11-25(35)12-14-26)20-30(39)28(19-24-9-6-5-7-10-24)38(33(41)42)29-21-46-31-27(29)15-18-45-31/h5-7,9-14,23,27-31,39H,8,15-22,35H2,1-4H3,(H,36,40)(H,41,42)/p-1/t27-,28-,29-,30+,31+/m0/s1. The molecule has 14 heteroatoms. The molecule has 266 valence electrons. The number of carboxylic acid groups (broad SMARTS) is 1. The molecule has 2 amide bonds. The van der Waals surface area contributed by atoms with Crippen LogP contribution in [-0.2, 0) is 30.7 Å². The van der Waals surface area contributed by atoms with Crippen LogP contribution in [0.4, 0.5) is 15.3 Å². The molecule has 4 rings (SSSR count). The second-order valence-corrected chi connectivity index (χ2v) is 15.5. The van der Waals surface area contributed by atoms with Gasteiger partial charge in [-0.25, -0.2) is 13.2 Å².